The minimum absolute atomic E-state index is 0.573. The van der Waals surface area contributed by atoms with Gasteiger partial charge in [-0.2, -0.15) is 0 Å². The molecule has 1 heterocycles. The highest BCUT2D eigenvalue weighted by molar-refractivity contribution is 14.1. The fourth-order valence-corrected chi connectivity index (χ4v) is 1.62. The molecule has 1 nitrogen and oxygen atoms in total. The van der Waals surface area contributed by atoms with E-state index in [1.807, 2.05) is 0 Å². The van der Waals surface area contributed by atoms with E-state index >= 15 is 0 Å². The summed E-state index contributed by atoms with van der Waals surface area (Å²) in [5, 5.41) is 0. The van der Waals surface area contributed by atoms with Crippen molar-refractivity contribution in [2.24, 2.45) is 0 Å². The number of hydrogen-bond acceptors (Lipinski definition) is 1. The van der Waals surface area contributed by atoms with E-state index in [0.717, 1.165) is 11.0 Å². The van der Waals surface area contributed by atoms with E-state index in [-0.39, 0.29) is 0 Å². The first-order valence-electron chi connectivity index (χ1n) is 3.11. The monoisotopic (exact) mass is 226 g/mol. The molecule has 48 valence electrons. The summed E-state index contributed by atoms with van der Waals surface area (Å²) in [5.74, 6) is 0. The van der Waals surface area contributed by atoms with Gasteiger partial charge in [-0.15, -0.1) is 0 Å². The molecule has 2 heteroatoms. The van der Waals surface area contributed by atoms with E-state index in [0.29, 0.717) is 6.10 Å². The zero-order valence-electron chi connectivity index (χ0n) is 4.90. The molecular formula is C6H11IO. The molecule has 1 aliphatic rings. The molecule has 1 fully saturated rings. The van der Waals surface area contributed by atoms with Crippen LogP contribution in [0.3, 0.4) is 0 Å². The number of ether oxygens (including phenoxy) is 1. The van der Waals surface area contributed by atoms with Crippen LogP contribution in [0.15, 0.2) is 0 Å². The summed E-state index contributed by atoms with van der Waals surface area (Å²) in [4.78, 5) is 0. The van der Waals surface area contributed by atoms with Crippen molar-refractivity contribution in [2.75, 3.05) is 11.0 Å². The minimum atomic E-state index is 0.573. The molecule has 0 aliphatic carbocycles. The van der Waals surface area contributed by atoms with Crippen LogP contribution in [0.1, 0.15) is 19.3 Å². The van der Waals surface area contributed by atoms with Crippen molar-refractivity contribution in [1.29, 1.82) is 0 Å². The molecule has 1 aliphatic heterocycles. The van der Waals surface area contributed by atoms with Crippen LogP contribution in [-0.2, 0) is 4.74 Å². The van der Waals surface area contributed by atoms with Gasteiger partial charge in [-0.1, -0.05) is 22.6 Å². The maximum absolute atomic E-state index is 5.42. The topological polar surface area (TPSA) is 9.23 Å². The van der Waals surface area contributed by atoms with Gasteiger partial charge in [0.1, 0.15) is 0 Å². The average Bonchev–Trinajstić information content (AvgIpc) is 1.90. The third-order valence-corrected chi connectivity index (χ3v) is 2.43. The van der Waals surface area contributed by atoms with Gasteiger partial charge in [0.2, 0.25) is 0 Å². The van der Waals surface area contributed by atoms with E-state index in [9.17, 15) is 0 Å². The Morgan fingerprint density at radius 2 is 2.38 bits per heavy atom. The largest absolute Gasteiger partial charge is 0.377 e. The Morgan fingerprint density at radius 3 is 2.75 bits per heavy atom. The first-order chi connectivity index (χ1) is 3.93. The van der Waals surface area contributed by atoms with Gasteiger partial charge in [0.05, 0.1) is 6.10 Å². The van der Waals surface area contributed by atoms with Gasteiger partial charge in [0, 0.05) is 11.0 Å². The molecule has 0 amide bonds. The van der Waals surface area contributed by atoms with Crippen LogP contribution >= 0.6 is 22.6 Å². The molecule has 0 saturated carbocycles. The van der Waals surface area contributed by atoms with Gasteiger partial charge < -0.3 is 4.74 Å². The maximum Gasteiger partial charge on any atom is 0.0664 e. The lowest BCUT2D eigenvalue weighted by Gasteiger charge is -2.19. The molecule has 0 spiro atoms. The van der Waals surface area contributed by atoms with Gasteiger partial charge in [-0.3, -0.25) is 0 Å². The van der Waals surface area contributed by atoms with Crippen LogP contribution in [-0.4, -0.2) is 17.1 Å². The maximum atomic E-state index is 5.42. The average molecular weight is 226 g/mol. The summed E-state index contributed by atoms with van der Waals surface area (Å²) in [6.07, 6.45) is 4.49. The lowest BCUT2D eigenvalue weighted by molar-refractivity contribution is 0.0333. The smallest absolute Gasteiger partial charge is 0.0664 e. The van der Waals surface area contributed by atoms with Crippen molar-refractivity contribution in [2.45, 2.75) is 25.4 Å². The van der Waals surface area contributed by atoms with Crippen molar-refractivity contribution in [1.82, 2.24) is 0 Å². The van der Waals surface area contributed by atoms with Crippen molar-refractivity contribution in [3.63, 3.8) is 0 Å². The molecule has 1 atom stereocenters. The van der Waals surface area contributed by atoms with Gasteiger partial charge in [0.15, 0.2) is 0 Å². The van der Waals surface area contributed by atoms with Crippen LogP contribution in [0.5, 0.6) is 0 Å². The minimum Gasteiger partial charge on any atom is -0.377 e. The Morgan fingerprint density at radius 1 is 1.50 bits per heavy atom. The molecule has 1 rings (SSSR count). The van der Waals surface area contributed by atoms with Gasteiger partial charge >= 0.3 is 0 Å². The van der Waals surface area contributed by atoms with E-state index in [1.165, 1.54) is 19.3 Å². The SMILES string of the molecule is IC[C@H]1CCCCO1. The van der Waals surface area contributed by atoms with Gasteiger partial charge in [-0.05, 0) is 19.3 Å². The molecular weight excluding hydrogens is 215 g/mol. The number of hydrogen-bond donors (Lipinski definition) is 0. The van der Waals surface area contributed by atoms with Crippen molar-refractivity contribution in [3.8, 4) is 0 Å². The Kier molecular flexibility index (Phi) is 3.12. The summed E-state index contributed by atoms with van der Waals surface area (Å²) in [6.45, 7) is 0.994. The second kappa shape index (κ2) is 3.67. The first kappa shape index (κ1) is 6.81. The standard InChI is InChI=1S/C6H11IO/c7-5-6-3-1-2-4-8-6/h6H,1-5H2/t6-/m1/s1. The van der Waals surface area contributed by atoms with Crippen LogP contribution in [0.2, 0.25) is 0 Å². The lowest BCUT2D eigenvalue weighted by Crippen LogP contribution is -2.19. The predicted molar refractivity (Wildman–Crippen MR) is 42.5 cm³/mol. The molecule has 8 heavy (non-hydrogen) atoms. The summed E-state index contributed by atoms with van der Waals surface area (Å²) < 4.78 is 6.58. The molecule has 0 unspecified atom stereocenters. The highest BCUT2D eigenvalue weighted by atomic mass is 127. The van der Waals surface area contributed by atoms with Gasteiger partial charge in [0.25, 0.3) is 0 Å². The molecule has 0 aromatic heterocycles. The fourth-order valence-electron chi connectivity index (χ4n) is 0.929. The van der Waals surface area contributed by atoms with Crippen molar-refractivity contribution in [3.05, 3.63) is 0 Å². The summed E-state index contributed by atoms with van der Waals surface area (Å²) in [5.41, 5.74) is 0. The highest BCUT2D eigenvalue weighted by Crippen LogP contribution is 2.13. The second-order valence-corrected chi connectivity index (χ2v) is 3.02. The third-order valence-electron chi connectivity index (χ3n) is 1.45. The molecule has 0 aromatic rings. The van der Waals surface area contributed by atoms with E-state index in [4.69, 9.17) is 4.74 Å². The normalized spacial score (nSPS) is 30.4. The Labute approximate surface area is 63.9 Å². The molecule has 1 saturated heterocycles. The Hall–Kier alpha value is 0.690. The van der Waals surface area contributed by atoms with Crippen LogP contribution in [0, 0.1) is 0 Å². The highest BCUT2D eigenvalue weighted by Gasteiger charge is 2.10. The van der Waals surface area contributed by atoms with E-state index in [1.54, 1.807) is 0 Å². The van der Waals surface area contributed by atoms with Crippen LogP contribution in [0.25, 0.3) is 0 Å². The Balaban J connectivity index is 2.13. The van der Waals surface area contributed by atoms with Crippen LogP contribution in [0.4, 0.5) is 0 Å². The van der Waals surface area contributed by atoms with Gasteiger partial charge in [-0.25, -0.2) is 0 Å². The molecule has 0 radical (unpaired) electrons. The summed E-state index contributed by atoms with van der Waals surface area (Å²) in [6, 6.07) is 0. The first-order valence-corrected chi connectivity index (χ1v) is 4.63. The zero-order valence-corrected chi connectivity index (χ0v) is 7.06. The quantitative estimate of drug-likeness (QED) is 0.490. The van der Waals surface area contributed by atoms with Crippen molar-refractivity contribution < 1.29 is 4.74 Å². The van der Waals surface area contributed by atoms with E-state index in [2.05, 4.69) is 22.6 Å². The molecule has 0 aromatic carbocycles. The second-order valence-electron chi connectivity index (χ2n) is 2.14. The molecule has 0 bridgehead atoms. The lowest BCUT2D eigenvalue weighted by atomic mass is 10.1. The number of alkyl halides is 1. The predicted octanol–water partition coefficient (Wildman–Crippen LogP) is 1.99. The third kappa shape index (κ3) is 1.90. The van der Waals surface area contributed by atoms with Crippen molar-refractivity contribution >= 4 is 22.6 Å². The Bertz CT molecular complexity index is 59.5. The van der Waals surface area contributed by atoms with Crippen LogP contribution < -0.4 is 0 Å². The fraction of sp³-hybridized carbons (Fsp3) is 1.00. The summed E-state index contributed by atoms with van der Waals surface area (Å²) in [7, 11) is 0. The number of rotatable bonds is 1. The van der Waals surface area contributed by atoms with E-state index < -0.39 is 0 Å². The summed E-state index contributed by atoms with van der Waals surface area (Å²) >= 11 is 2.38. The molecule has 0 N–H and O–H groups in total. The number of halogens is 1. The zero-order chi connectivity index (χ0) is 5.82.